The first kappa shape index (κ1) is 18.3. The fourth-order valence-electron chi connectivity index (χ4n) is 3.38. The monoisotopic (exact) mass is 422 g/mol. The van der Waals surface area contributed by atoms with E-state index in [0.717, 1.165) is 0 Å². The van der Waals surface area contributed by atoms with Crippen molar-refractivity contribution < 1.29 is 22.6 Å². The molecule has 0 saturated carbocycles. The first-order valence-electron chi connectivity index (χ1n) is 7.91. The lowest BCUT2D eigenvalue weighted by Crippen LogP contribution is -2.30. The Morgan fingerprint density at radius 3 is 2.69 bits per heavy atom. The molecule has 26 heavy (non-hydrogen) atoms. The third-order valence-corrected chi connectivity index (χ3v) is 5.82. The number of fused-ring (bicyclic) bond motifs is 2. The lowest BCUT2D eigenvalue weighted by molar-refractivity contribution is -0.196. The predicted octanol–water partition coefficient (Wildman–Crippen LogP) is 1.86. The first-order chi connectivity index (χ1) is 12.1. The number of halogens is 2. The fraction of sp³-hybridized carbons (Fsp3) is 0.643. The molecule has 2 aliphatic rings. The summed E-state index contributed by atoms with van der Waals surface area (Å²) in [6, 6.07) is 0. The Kier molecular flexibility index (Phi) is 4.41. The number of aromatic nitrogens is 4. The average molecular weight is 423 g/mol. The van der Waals surface area contributed by atoms with E-state index in [-0.39, 0.29) is 17.3 Å². The highest BCUT2D eigenvalue weighted by molar-refractivity contribution is 8.13. The second-order valence-corrected chi connectivity index (χ2v) is 9.90. The van der Waals surface area contributed by atoms with E-state index in [1.165, 1.54) is 6.33 Å². The van der Waals surface area contributed by atoms with Crippen LogP contribution < -0.4 is 0 Å². The third kappa shape index (κ3) is 3.30. The van der Waals surface area contributed by atoms with Crippen LogP contribution in [0.3, 0.4) is 0 Å². The molecule has 4 atom stereocenters. The third-order valence-electron chi connectivity index (χ3n) is 4.36. The number of ether oxygens (including phenoxy) is 3. The Balaban J connectivity index is 1.68. The Labute approximate surface area is 159 Å². The van der Waals surface area contributed by atoms with E-state index in [9.17, 15) is 8.42 Å². The topological polar surface area (TPSA) is 105 Å². The van der Waals surface area contributed by atoms with Gasteiger partial charge in [-0.15, -0.1) is 0 Å². The van der Waals surface area contributed by atoms with Crippen LogP contribution in [0.25, 0.3) is 11.2 Å². The van der Waals surface area contributed by atoms with E-state index in [0.29, 0.717) is 11.2 Å². The first-order valence-corrected chi connectivity index (χ1v) is 10.8. The van der Waals surface area contributed by atoms with Crippen molar-refractivity contribution in [1.29, 1.82) is 0 Å². The number of imidazole rings is 1. The van der Waals surface area contributed by atoms with Crippen molar-refractivity contribution in [2.24, 2.45) is 0 Å². The molecule has 2 fully saturated rings. The van der Waals surface area contributed by atoms with Crippen molar-refractivity contribution in [2.75, 3.05) is 5.75 Å². The smallest absolute Gasteiger partial charge is 0.232 e. The van der Waals surface area contributed by atoms with Crippen LogP contribution in [-0.4, -0.2) is 57.8 Å². The molecule has 0 aromatic carbocycles. The van der Waals surface area contributed by atoms with E-state index in [2.05, 4.69) is 15.0 Å². The summed E-state index contributed by atoms with van der Waals surface area (Å²) in [6.07, 6.45) is 1.06. The van der Waals surface area contributed by atoms with Gasteiger partial charge < -0.3 is 14.2 Å². The zero-order chi connectivity index (χ0) is 18.7. The zero-order valence-corrected chi connectivity index (χ0v) is 16.2. The van der Waals surface area contributed by atoms with Crippen molar-refractivity contribution in [3.05, 3.63) is 17.8 Å². The van der Waals surface area contributed by atoms with Crippen LogP contribution in [0.4, 0.5) is 0 Å². The van der Waals surface area contributed by atoms with Gasteiger partial charge in [0.15, 0.2) is 22.8 Å². The van der Waals surface area contributed by atoms with E-state index in [4.69, 9.17) is 36.5 Å². The Bertz CT molecular complexity index is 950. The van der Waals surface area contributed by atoms with Gasteiger partial charge in [-0.05, 0) is 20.3 Å². The molecule has 0 aliphatic carbocycles. The van der Waals surface area contributed by atoms with Gasteiger partial charge in [0.2, 0.25) is 9.05 Å². The Hall–Kier alpha value is -1.04. The molecule has 142 valence electrons. The number of hydrogen-bond acceptors (Lipinski definition) is 8. The molecule has 4 heterocycles. The minimum absolute atomic E-state index is 0.186. The van der Waals surface area contributed by atoms with Crippen molar-refractivity contribution in [3.63, 3.8) is 0 Å². The summed E-state index contributed by atoms with van der Waals surface area (Å²) in [5.41, 5.74) is 0.937. The van der Waals surface area contributed by atoms with Crippen molar-refractivity contribution in [3.8, 4) is 0 Å². The zero-order valence-electron chi connectivity index (χ0n) is 13.9. The van der Waals surface area contributed by atoms with Gasteiger partial charge in [0, 0.05) is 10.7 Å². The van der Waals surface area contributed by atoms with Crippen molar-refractivity contribution in [1.82, 2.24) is 19.5 Å². The summed E-state index contributed by atoms with van der Waals surface area (Å²) in [7, 11) is 1.70. The molecule has 2 saturated heterocycles. The molecule has 2 aromatic heterocycles. The molecule has 0 unspecified atom stereocenters. The quantitative estimate of drug-likeness (QED) is 0.542. The summed E-state index contributed by atoms with van der Waals surface area (Å²) in [6.45, 7) is 3.59. The van der Waals surface area contributed by atoms with Gasteiger partial charge in [0.05, 0.1) is 18.2 Å². The molecular weight excluding hydrogens is 407 g/mol. The molecule has 0 N–H and O–H groups in total. The van der Waals surface area contributed by atoms with Crippen molar-refractivity contribution >= 4 is 42.5 Å². The average Bonchev–Trinajstić information content (AvgIpc) is 3.16. The normalized spacial score (nSPS) is 30.8. The molecular formula is C14H16Cl2N4O5S. The standard InChI is InChI=1S/C14H16Cl2N4O5S/c1-14(2)24-9-7(3-4-26(16,21)22)23-13(10(9)25-14)20-6-19-8-11(15)17-5-18-12(8)20/h5-7,9-10,13H,3-4H2,1-2H3/t7-,9-,10-,13-/m1/s1. The fourth-order valence-corrected chi connectivity index (χ4v) is 4.34. The Morgan fingerprint density at radius 1 is 1.23 bits per heavy atom. The molecule has 4 rings (SSSR count). The van der Waals surface area contributed by atoms with Crippen LogP contribution in [0.15, 0.2) is 12.7 Å². The van der Waals surface area contributed by atoms with Gasteiger partial charge in [0.1, 0.15) is 24.1 Å². The highest BCUT2D eigenvalue weighted by Gasteiger charge is 2.56. The minimum atomic E-state index is -3.64. The maximum atomic E-state index is 11.3. The Morgan fingerprint density at radius 2 is 1.96 bits per heavy atom. The molecule has 9 nitrogen and oxygen atoms in total. The summed E-state index contributed by atoms with van der Waals surface area (Å²) >= 11 is 6.06. The highest BCUT2D eigenvalue weighted by atomic mass is 35.7. The van der Waals surface area contributed by atoms with Crippen LogP contribution in [0.5, 0.6) is 0 Å². The maximum Gasteiger partial charge on any atom is 0.232 e. The van der Waals surface area contributed by atoms with E-state index < -0.39 is 39.4 Å². The molecule has 2 aromatic rings. The molecule has 0 bridgehead atoms. The molecule has 0 amide bonds. The van der Waals surface area contributed by atoms with Crippen LogP contribution in [0.1, 0.15) is 26.5 Å². The SMILES string of the molecule is CC1(C)O[C@@H]2[C@H](O1)[C@@H](CCS(=O)(=O)Cl)O[C@H]2n1cnc2c(Cl)ncnc21. The summed E-state index contributed by atoms with van der Waals surface area (Å²) in [5, 5.41) is 0.233. The van der Waals surface area contributed by atoms with Crippen molar-refractivity contribution in [2.45, 2.75) is 50.6 Å². The maximum absolute atomic E-state index is 11.3. The van der Waals surface area contributed by atoms with E-state index in [1.807, 2.05) is 0 Å². The van der Waals surface area contributed by atoms with Crippen LogP contribution in [0.2, 0.25) is 5.15 Å². The lowest BCUT2D eigenvalue weighted by Gasteiger charge is -2.24. The van der Waals surface area contributed by atoms with E-state index >= 15 is 0 Å². The minimum Gasteiger partial charge on any atom is -0.349 e. The predicted molar refractivity (Wildman–Crippen MR) is 92.3 cm³/mol. The second-order valence-electron chi connectivity index (χ2n) is 6.65. The second kappa shape index (κ2) is 6.25. The van der Waals surface area contributed by atoms with Gasteiger partial charge >= 0.3 is 0 Å². The van der Waals surface area contributed by atoms with Crippen LogP contribution >= 0.6 is 22.3 Å². The van der Waals surface area contributed by atoms with E-state index in [1.54, 1.807) is 24.7 Å². The van der Waals surface area contributed by atoms with Gasteiger partial charge in [-0.2, -0.15) is 0 Å². The van der Waals surface area contributed by atoms with Crippen LogP contribution in [0, 0.1) is 0 Å². The van der Waals surface area contributed by atoms with Gasteiger partial charge in [-0.25, -0.2) is 23.4 Å². The van der Waals surface area contributed by atoms with Crippen LogP contribution in [-0.2, 0) is 23.3 Å². The van der Waals surface area contributed by atoms with Gasteiger partial charge in [-0.3, -0.25) is 4.57 Å². The molecule has 0 radical (unpaired) electrons. The largest absolute Gasteiger partial charge is 0.349 e. The molecule has 12 heteroatoms. The summed E-state index contributed by atoms with van der Waals surface area (Å²) in [4.78, 5) is 12.4. The summed E-state index contributed by atoms with van der Waals surface area (Å²) < 4.78 is 42.3. The number of nitrogens with zero attached hydrogens (tertiary/aromatic N) is 4. The molecule has 2 aliphatic heterocycles. The molecule has 0 spiro atoms. The lowest BCUT2D eigenvalue weighted by atomic mass is 10.1. The highest BCUT2D eigenvalue weighted by Crippen LogP contribution is 2.44. The van der Waals surface area contributed by atoms with Gasteiger partial charge in [-0.1, -0.05) is 11.6 Å². The summed E-state index contributed by atoms with van der Waals surface area (Å²) in [5.74, 6) is -1.05. The number of rotatable bonds is 4. The number of hydrogen-bond donors (Lipinski definition) is 0. The van der Waals surface area contributed by atoms with Gasteiger partial charge in [0.25, 0.3) is 0 Å².